The summed E-state index contributed by atoms with van der Waals surface area (Å²) in [4.78, 5) is 11.8. The van der Waals surface area contributed by atoms with Crippen molar-refractivity contribution in [1.29, 1.82) is 0 Å². The van der Waals surface area contributed by atoms with Crippen LogP contribution in [0.25, 0.3) is 0 Å². The summed E-state index contributed by atoms with van der Waals surface area (Å²) in [6.45, 7) is 7.07. The van der Waals surface area contributed by atoms with E-state index in [-0.39, 0.29) is 11.5 Å². The van der Waals surface area contributed by atoms with Gasteiger partial charge in [-0.05, 0) is 51.7 Å². The molecule has 3 nitrogen and oxygen atoms in total. The molecule has 1 aliphatic rings. The molecule has 1 fully saturated rings. The number of carbonyl (C=O) groups excluding carboxylic acids is 1. The molecule has 0 spiro atoms. The zero-order valence-corrected chi connectivity index (χ0v) is 12.0. The Kier molecular flexibility index (Phi) is 4.25. The largest absolute Gasteiger partial charge is 0.462 e. The van der Waals surface area contributed by atoms with Crippen LogP contribution in [0.2, 0.25) is 0 Å². The molecule has 2 rings (SSSR count). The van der Waals surface area contributed by atoms with Gasteiger partial charge in [-0.1, -0.05) is 18.2 Å². The van der Waals surface area contributed by atoms with Gasteiger partial charge in [0.25, 0.3) is 0 Å². The Labute approximate surface area is 115 Å². The monoisotopic (exact) mass is 261 g/mol. The second-order valence-corrected chi connectivity index (χ2v) is 6.39. The Balaban J connectivity index is 1.67. The molecule has 0 aromatic heterocycles. The van der Waals surface area contributed by atoms with E-state index in [1.54, 1.807) is 12.1 Å². The SMILES string of the molecule is CC(C)(C)NC1CC(COC(=O)c2ccccc2)C1. The molecular formula is C16H23NO2. The first-order chi connectivity index (χ1) is 8.94. The highest BCUT2D eigenvalue weighted by molar-refractivity contribution is 5.89. The zero-order chi connectivity index (χ0) is 13.9. The molecule has 0 bridgehead atoms. The van der Waals surface area contributed by atoms with E-state index >= 15 is 0 Å². The first kappa shape index (κ1) is 14.1. The van der Waals surface area contributed by atoms with E-state index < -0.39 is 0 Å². The average molecular weight is 261 g/mol. The number of esters is 1. The lowest BCUT2D eigenvalue weighted by Gasteiger charge is -2.39. The molecule has 1 N–H and O–H groups in total. The summed E-state index contributed by atoms with van der Waals surface area (Å²) in [5.41, 5.74) is 0.794. The van der Waals surface area contributed by atoms with Crippen molar-refractivity contribution in [2.24, 2.45) is 5.92 Å². The summed E-state index contributed by atoms with van der Waals surface area (Å²) in [5.74, 6) is 0.292. The molecule has 0 aliphatic heterocycles. The number of hydrogen-bond donors (Lipinski definition) is 1. The van der Waals surface area contributed by atoms with Crippen molar-refractivity contribution in [2.45, 2.75) is 45.2 Å². The molecule has 0 amide bonds. The zero-order valence-electron chi connectivity index (χ0n) is 12.0. The minimum atomic E-state index is -0.215. The van der Waals surface area contributed by atoms with Crippen molar-refractivity contribution in [3.8, 4) is 0 Å². The number of benzene rings is 1. The molecule has 0 heterocycles. The van der Waals surface area contributed by atoms with Gasteiger partial charge in [-0.3, -0.25) is 0 Å². The molecular weight excluding hydrogens is 238 g/mol. The number of rotatable bonds is 4. The van der Waals surface area contributed by atoms with Gasteiger partial charge in [0.05, 0.1) is 12.2 Å². The summed E-state index contributed by atoms with van der Waals surface area (Å²) >= 11 is 0. The van der Waals surface area contributed by atoms with Gasteiger partial charge in [-0.15, -0.1) is 0 Å². The standard InChI is InChI=1S/C16H23NO2/c1-16(2,3)17-14-9-12(10-14)11-19-15(18)13-7-5-4-6-8-13/h4-8,12,14,17H,9-11H2,1-3H3. The van der Waals surface area contributed by atoms with Crippen molar-refractivity contribution >= 4 is 5.97 Å². The van der Waals surface area contributed by atoms with Crippen LogP contribution in [0.3, 0.4) is 0 Å². The highest BCUT2D eigenvalue weighted by atomic mass is 16.5. The molecule has 1 saturated carbocycles. The number of hydrogen-bond acceptors (Lipinski definition) is 3. The van der Waals surface area contributed by atoms with Gasteiger partial charge in [0, 0.05) is 11.6 Å². The maximum atomic E-state index is 11.8. The molecule has 19 heavy (non-hydrogen) atoms. The highest BCUT2D eigenvalue weighted by Crippen LogP contribution is 2.29. The Hall–Kier alpha value is -1.35. The predicted molar refractivity (Wildman–Crippen MR) is 76.1 cm³/mol. The van der Waals surface area contributed by atoms with Crippen LogP contribution in [0.5, 0.6) is 0 Å². The van der Waals surface area contributed by atoms with Crippen LogP contribution in [-0.4, -0.2) is 24.2 Å². The highest BCUT2D eigenvalue weighted by Gasteiger charge is 2.32. The molecule has 104 valence electrons. The van der Waals surface area contributed by atoms with E-state index in [2.05, 4.69) is 26.1 Å². The fourth-order valence-corrected chi connectivity index (χ4v) is 2.45. The Morgan fingerprint density at radius 1 is 1.26 bits per heavy atom. The van der Waals surface area contributed by atoms with Gasteiger partial charge in [0.2, 0.25) is 0 Å². The van der Waals surface area contributed by atoms with Gasteiger partial charge in [0.1, 0.15) is 0 Å². The van der Waals surface area contributed by atoms with Gasteiger partial charge < -0.3 is 10.1 Å². The smallest absolute Gasteiger partial charge is 0.338 e. The lowest BCUT2D eigenvalue weighted by molar-refractivity contribution is 0.0308. The minimum Gasteiger partial charge on any atom is -0.462 e. The van der Waals surface area contributed by atoms with Crippen molar-refractivity contribution < 1.29 is 9.53 Å². The van der Waals surface area contributed by atoms with Gasteiger partial charge in [-0.25, -0.2) is 4.79 Å². The quantitative estimate of drug-likeness (QED) is 0.847. The van der Waals surface area contributed by atoms with Crippen LogP contribution >= 0.6 is 0 Å². The van der Waals surface area contributed by atoms with Crippen LogP contribution in [0, 0.1) is 5.92 Å². The third-order valence-electron chi connectivity index (χ3n) is 3.33. The predicted octanol–water partition coefficient (Wildman–Crippen LogP) is 3.01. The molecule has 3 heteroatoms. The van der Waals surface area contributed by atoms with E-state index in [1.165, 1.54) is 0 Å². The lowest BCUT2D eigenvalue weighted by atomic mass is 9.80. The first-order valence-electron chi connectivity index (χ1n) is 6.94. The van der Waals surface area contributed by atoms with Gasteiger partial charge in [0.15, 0.2) is 0 Å². The molecule has 1 aromatic rings. The van der Waals surface area contributed by atoms with E-state index in [0.717, 1.165) is 12.8 Å². The topological polar surface area (TPSA) is 38.3 Å². The second kappa shape index (κ2) is 5.74. The maximum absolute atomic E-state index is 11.8. The lowest BCUT2D eigenvalue weighted by Crippen LogP contribution is -2.50. The Morgan fingerprint density at radius 2 is 1.89 bits per heavy atom. The maximum Gasteiger partial charge on any atom is 0.338 e. The van der Waals surface area contributed by atoms with E-state index in [0.29, 0.717) is 24.1 Å². The molecule has 0 unspecified atom stereocenters. The molecule has 0 radical (unpaired) electrons. The molecule has 0 atom stereocenters. The molecule has 0 saturated heterocycles. The van der Waals surface area contributed by atoms with Crippen molar-refractivity contribution in [1.82, 2.24) is 5.32 Å². The van der Waals surface area contributed by atoms with Crippen molar-refractivity contribution in [3.05, 3.63) is 35.9 Å². The normalized spacial score (nSPS) is 22.7. The van der Waals surface area contributed by atoms with Crippen LogP contribution in [0.4, 0.5) is 0 Å². The Morgan fingerprint density at radius 3 is 2.47 bits per heavy atom. The molecule has 1 aromatic carbocycles. The van der Waals surface area contributed by atoms with Crippen LogP contribution in [-0.2, 0) is 4.74 Å². The second-order valence-electron chi connectivity index (χ2n) is 6.39. The fourth-order valence-electron chi connectivity index (χ4n) is 2.45. The van der Waals surface area contributed by atoms with Crippen LogP contribution in [0.1, 0.15) is 44.0 Å². The van der Waals surface area contributed by atoms with E-state index in [4.69, 9.17) is 4.74 Å². The van der Waals surface area contributed by atoms with Crippen molar-refractivity contribution in [2.75, 3.05) is 6.61 Å². The summed E-state index contributed by atoms with van der Waals surface area (Å²) in [6.07, 6.45) is 2.19. The van der Waals surface area contributed by atoms with Gasteiger partial charge >= 0.3 is 5.97 Å². The van der Waals surface area contributed by atoms with Crippen LogP contribution < -0.4 is 5.32 Å². The van der Waals surface area contributed by atoms with E-state index in [9.17, 15) is 4.79 Å². The number of nitrogens with one attached hydrogen (secondary N) is 1. The summed E-state index contributed by atoms with van der Waals surface area (Å²) < 4.78 is 5.34. The minimum absolute atomic E-state index is 0.163. The first-order valence-corrected chi connectivity index (χ1v) is 6.94. The average Bonchev–Trinajstić information content (AvgIpc) is 2.31. The number of ether oxygens (including phenoxy) is 1. The third kappa shape index (κ3) is 4.35. The molecule has 1 aliphatic carbocycles. The third-order valence-corrected chi connectivity index (χ3v) is 3.33. The summed E-state index contributed by atoms with van der Waals surface area (Å²) in [7, 11) is 0. The summed E-state index contributed by atoms with van der Waals surface area (Å²) in [6, 6.07) is 9.73. The number of carbonyl (C=O) groups is 1. The van der Waals surface area contributed by atoms with E-state index in [1.807, 2.05) is 18.2 Å². The fraction of sp³-hybridized carbons (Fsp3) is 0.562. The van der Waals surface area contributed by atoms with Crippen LogP contribution in [0.15, 0.2) is 30.3 Å². The van der Waals surface area contributed by atoms with Gasteiger partial charge in [-0.2, -0.15) is 0 Å². The summed E-state index contributed by atoms with van der Waals surface area (Å²) in [5, 5.41) is 3.56. The Bertz CT molecular complexity index is 416. The van der Waals surface area contributed by atoms with Crippen molar-refractivity contribution in [3.63, 3.8) is 0 Å².